The van der Waals surface area contributed by atoms with E-state index in [1.165, 1.54) is 10.7 Å². The zero-order valence-electron chi connectivity index (χ0n) is 15.9. The molecule has 0 aliphatic heterocycles. The molecule has 0 amide bonds. The maximum atomic E-state index is 12.8. The van der Waals surface area contributed by atoms with Crippen molar-refractivity contribution in [3.63, 3.8) is 0 Å². The van der Waals surface area contributed by atoms with Gasteiger partial charge in [-0.3, -0.25) is 19.6 Å². The lowest BCUT2D eigenvalue weighted by molar-refractivity contribution is 0.524. The van der Waals surface area contributed by atoms with Crippen LogP contribution >= 0.6 is 0 Å². The van der Waals surface area contributed by atoms with Crippen LogP contribution in [-0.2, 0) is 6.42 Å². The third-order valence-electron chi connectivity index (χ3n) is 4.73. The van der Waals surface area contributed by atoms with Gasteiger partial charge in [0.15, 0.2) is 0 Å². The number of fused-ring (bicyclic) bond motifs is 1. The summed E-state index contributed by atoms with van der Waals surface area (Å²) in [6, 6.07) is 12.1. The largest absolute Gasteiger partial charge is 0.355 e. The Morgan fingerprint density at radius 2 is 1.93 bits per heavy atom. The molecule has 0 radical (unpaired) electrons. The van der Waals surface area contributed by atoms with Crippen LogP contribution in [0.2, 0.25) is 0 Å². The lowest BCUT2D eigenvalue weighted by Gasteiger charge is -2.15. The molecular formula is C21H20N6O2. The second-order valence-electron chi connectivity index (χ2n) is 6.71. The number of nitrogens with zero attached hydrogens (tertiary/aromatic N) is 4. The maximum Gasteiger partial charge on any atom is 0.275 e. The number of hydrogen-bond acceptors (Lipinski definition) is 6. The molecule has 0 unspecified atom stereocenters. The maximum absolute atomic E-state index is 12.8. The van der Waals surface area contributed by atoms with Gasteiger partial charge >= 0.3 is 0 Å². The third-order valence-corrected chi connectivity index (χ3v) is 4.73. The topological polar surface area (TPSA) is 106 Å². The minimum atomic E-state index is -0.491. The van der Waals surface area contributed by atoms with Gasteiger partial charge in [-0.2, -0.15) is 5.10 Å². The van der Waals surface area contributed by atoms with Crippen molar-refractivity contribution >= 4 is 16.7 Å². The Hall–Kier alpha value is -3.81. The molecule has 1 atom stereocenters. The first kappa shape index (κ1) is 18.5. The van der Waals surface area contributed by atoms with Crippen molar-refractivity contribution in [1.29, 1.82) is 0 Å². The zero-order chi connectivity index (χ0) is 20.2. The highest BCUT2D eigenvalue weighted by Gasteiger charge is 2.15. The average Bonchev–Trinajstić information content (AvgIpc) is 2.74. The highest BCUT2D eigenvalue weighted by molar-refractivity contribution is 5.80. The quantitative estimate of drug-likeness (QED) is 0.524. The van der Waals surface area contributed by atoms with Crippen molar-refractivity contribution in [3.8, 4) is 0 Å². The van der Waals surface area contributed by atoms with Gasteiger partial charge in [-0.1, -0.05) is 18.2 Å². The summed E-state index contributed by atoms with van der Waals surface area (Å²) in [5.74, 6) is 0.363. The van der Waals surface area contributed by atoms with E-state index in [2.05, 4.69) is 25.4 Å². The van der Waals surface area contributed by atoms with Crippen LogP contribution in [0.3, 0.4) is 0 Å². The minimum absolute atomic E-state index is 0.218. The number of benzene rings is 1. The highest BCUT2D eigenvalue weighted by Crippen LogP contribution is 2.14. The van der Waals surface area contributed by atoms with Gasteiger partial charge in [-0.25, -0.2) is 9.67 Å². The van der Waals surface area contributed by atoms with E-state index in [9.17, 15) is 9.59 Å². The molecule has 0 fully saturated rings. The first-order chi connectivity index (χ1) is 14.1. The van der Waals surface area contributed by atoms with Crippen molar-refractivity contribution in [3.05, 3.63) is 93.0 Å². The summed E-state index contributed by atoms with van der Waals surface area (Å²) in [4.78, 5) is 36.1. The van der Waals surface area contributed by atoms with E-state index >= 15 is 0 Å². The van der Waals surface area contributed by atoms with Crippen molar-refractivity contribution in [2.24, 2.45) is 0 Å². The SMILES string of the molecule is C[C@H](c1cc(=O)[nH]c(NCCc2ccncc2)n1)n1ncc2ccccc2c1=O. The van der Waals surface area contributed by atoms with Gasteiger partial charge < -0.3 is 5.32 Å². The number of nitrogens with one attached hydrogen (secondary N) is 2. The molecule has 0 aliphatic rings. The van der Waals surface area contributed by atoms with Gasteiger partial charge in [0.1, 0.15) is 0 Å². The summed E-state index contributed by atoms with van der Waals surface area (Å²) in [5, 5.41) is 8.75. The molecule has 8 nitrogen and oxygen atoms in total. The van der Waals surface area contributed by atoms with Crippen LogP contribution in [0.1, 0.15) is 24.2 Å². The molecule has 0 aliphatic carbocycles. The second-order valence-corrected chi connectivity index (χ2v) is 6.71. The monoisotopic (exact) mass is 388 g/mol. The van der Waals surface area contributed by atoms with Crippen LogP contribution < -0.4 is 16.4 Å². The van der Waals surface area contributed by atoms with Crippen LogP contribution in [0, 0.1) is 0 Å². The molecule has 4 aromatic rings. The van der Waals surface area contributed by atoms with E-state index in [0.29, 0.717) is 23.6 Å². The molecule has 8 heteroatoms. The normalized spacial score (nSPS) is 12.0. The van der Waals surface area contributed by atoms with Crippen LogP contribution in [0.25, 0.3) is 10.8 Å². The van der Waals surface area contributed by atoms with Gasteiger partial charge in [0.05, 0.1) is 23.3 Å². The molecule has 0 spiro atoms. The fourth-order valence-corrected chi connectivity index (χ4v) is 3.15. The van der Waals surface area contributed by atoms with E-state index in [-0.39, 0.29) is 11.1 Å². The first-order valence-electron chi connectivity index (χ1n) is 9.32. The van der Waals surface area contributed by atoms with E-state index in [1.54, 1.807) is 31.6 Å². The average molecular weight is 388 g/mol. The van der Waals surface area contributed by atoms with Gasteiger partial charge in [0.25, 0.3) is 11.1 Å². The minimum Gasteiger partial charge on any atom is -0.355 e. The summed E-state index contributed by atoms with van der Waals surface area (Å²) in [6.07, 6.45) is 5.89. The number of pyridine rings is 1. The van der Waals surface area contributed by atoms with Crippen molar-refractivity contribution < 1.29 is 0 Å². The summed E-state index contributed by atoms with van der Waals surface area (Å²) < 4.78 is 1.35. The van der Waals surface area contributed by atoms with Gasteiger partial charge in [-0.15, -0.1) is 0 Å². The Morgan fingerprint density at radius 1 is 1.14 bits per heavy atom. The Balaban J connectivity index is 1.58. The Bertz CT molecular complexity index is 1250. The summed E-state index contributed by atoms with van der Waals surface area (Å²) in [6.45, 7) is 2.39. The number of H-pyrrole nitrogens is 1. The second kappa shape index (κ2) is 8.05. The predicted octanol–water partition coefficient (Wildman–Crippen LogP) is 2.14. The van der Waals surface area contributed by atoms with Gasteiger partial charge in [0.2, 0.25) is 5.95 Å². The smallest absolute Gasteiger partial charge is 0.275 e. The van der Waals surface area contributed by atoms with Crippen LogP contribution in [0.5, 0.6) is 0 Å². The summed E-state index contributed by atoms with van der Waals surface area (Å²) in [5.41, 5.74) is 1.09. The molecule has 0 bridgehead atoms. The fraction of sp³-hybridized carbons (Fsp3) is 0.190. The highest BCUT2D eigenvalue weighted by atomic mass is 16.1. The molecular weight excluding hydrogens is 368 g/mol. The fourth-order valence-electron chi connectivity index (χ4n) is 3.15. The summed E-state index contributed by atoms with van der Waals surface area (Å²) >= 11 is 0. The number of aromatic amines is 1. The Morgan fingerprint density at radius 3 is 2.76 bits per heavy atom. The lowest BCUT2D eigenvalue weighted by Crippen LogP contribution is -2.28. The van der Waals surface area contributed by atoms with E-state index in [4.69, 9.17) is 0 Å². The number of anilines is 1. The molecule has 1 aromatic carbocycles. The standard InChI is InChI=1S/C21H20N6O2/c1-14(27-20(29)17-5-3-2-4-16(17)13-24-27)18-12-19(28)26-21(25-18)23-11-8-15-6-9-22-10-7-15/h2-7,9-10,12-14H,8,11H2,1H3,(H2,23,25,26,28)/t14-/m1/s1. The van der Waals surface area contributed by atoms with Crippen molar-refractivity contribution in [1.82, 2.24) is 24.7 Å². The third kappa shape index (κ3) is 4.06. The van der Waals surface area contributed by atoms with E-state index < -0.39 is 6.04 Å². The number of hydrogen-bond donors (Lipinski definition) is 2. The predicted molar refractivity (Wildman–Crippen MR) is 111 cm³/mol. The van der Waals surface area contributed by atoms with Crippen molar-refractivity contribution in [2.45, 2.75) is 19.4 Å². The first-order valence-corrected chi connectivity index (χ1v) is 9.32. The molecule has 2 N–H and O–H groups in total. The van der Waals surface area contributed by atoms with Gasteiger partial charge in [0, 0.05) is 30.4 Å². The number of rotatable bonds is 6. The van der Waals surface area contributed by atoms with E-state index in [0.717, 1.165) is 17.4 Å². The van der Waals surface area contributed by atoms with Crippen LogP contribution in [0.4, 0.5) is 5.95 Å². The van der Waals surface area contributed by atoms with Crippen molar-refractivity contribution in [2.75, 3.05) is 11.9 Å². The molecule has 3 heterocycles. The number of aromatic nitrogens is 5. The Labute approximate surface area is 166 Å². The molecule has 0 saturated carbocycles. The Kier molecular flexibility index (Phi) is 5.15. The molecule has 0 saturated heterocycles. The summed E-state index contributed by atoms with van der Waals surface area (Å²) in [7, 11) is 0. The van der Waals surface area contributed by atoms with E-state index in [1.807, 2.05) is 30.3 Å². The molecule has 3 aromatic heterocycles. The molecule has 146 valence electrons. The molecule has 29 heavy (non-hydrogen) atoms. The zero-order valence-corrected chi connectivity index (χ0v) is 15.9. The van der Waals surface area contributed by atoms with Gasteiger partial charge in [-0.05, 0) is 37.1 Å². The molecule has 4 rings (SSSR count). The van der Waals surface area contributed by atoms with Crippen LogP contribution in [-0.4, -0.2) is 31.3 Å². The lowest BCUT2D eigenvalue weighted by atomic mass is 10.2. The van der Waals surface area contributed by atoms with Crippen LogP contribution in [0.15, 0.2) is 70.6 Å².